The van der Waals surface area contributed by atoms with Gasteiger partial charge < -0.3 is 9.55 Å². The number of hydrogen-bond donors (Lipinski definition) is 1. The van der Waals surface area contributed by atoms with Crippen LogP contribution in [0, 0.1) is 0 Å². The molecular weight excluding hydrogens is 460 g/mol. The molecule has 178 valence electrons. The molecule has 0 amide bonds. The monoisotopic (exact) mass is 484 g/mol. The zero-order valence-electron chi connectivity index (χ0n) is 20.7. The van der Waals surface area contributed by atoms with E-state index in [4.69, 9.17) is 0 Å². The predicted octanol–water partition coefficient (Wildman–Crippen LogP) is 9.75. The molecule has 0 fully saturated rings. The molecule has 0 saturated heterocycles. The van der Waals surface area contributed by atoms with Crippen LogP contribution >= 0.6 is 0 Å². The second-order valence-corrected chi connectivity index (χ2v) is 9.90. The van der Waals surface area contributed by atoms with E-state index in [0.717, 1.165) is 0 Å². The zero-order chi connectivity index (χ0) is 25.1. The van der Waals surface area contributed by atoms with E-state index in [9.17, 15) is 0 Å². The first-order chi connectivity index (χ1) is 18.8. The number of H-pyrrole nitrogens is 1. The van der Waals surface area contributed by atoms with Crippen molar-refractivity contribution in [3.63, 3.8) is 0 Å². The van der Waals surface area contributed by atoms with Crippen LogP contribution in [-0.2, 0) is 0 Å². The van der Waals surface area contributed by atoms with Crippen molar-refractivity contribution in [2.24, 2.45) is 0 Å². The average Bonchev–Trinajstić information content (AvgIpc) is 3.53. The van der Waals surface area contributed by atoms with E-state index in [0.29, 0.717) is 0 Å². The minimum absolute atomic E-state index is 1.17. The van der Waals surface area contributed by atoms with Crippen molar-refractivity contribution in [3.8, 4) is 27.9 Å². The second-order valence-electron chi connectivity index (χ2n) is 9.90. The van der Waals surface area contributed by atoms with Gasteiger partial charge in [-0.3, -0.25) is 0 Å². The lowest BCUT2D eigenvalue weighted by molar-refractivity contribution is 1.18. The Morgan fingerprint density at radius 2 is 1.08 bits per heavy atom. The fourth-order valence-corrected chi connectivity index (χ4v) is 5.99. The molecule has 2 heteroatoms. The molecule has 0 spiro atoms. The van der Waals surface area contributed by atoms with Crippen molar-refractivity contribution in [2.75, 3.05) is 0 Å². The number of aromatic nitrogens is 2. The Hall–Kier alpha value is -5.08. The van der Waals surface area contributed by atoms with Crippen LogP contribution in [-0.4, -0.2) is 9.55 Å². The van der Waals surface area contributed by atoms with Gasteiger partial charge >= 0.3 is 0 Å². The molecule has 0 aliphatic carbocycles. The summed E-state index contributed by atoms with van der Waals surface area (Å²) < 4.78 is 2.40. The number of aromatic amines is 1. The summed E-state index contributed by atoms with van der Waals surface area (Å²) in [7, 11) is 0. The maximum absolute atomic E-state index is 3.60. The number of rotatable bonds is 3. The number of fused-ring (bicyclic) bond motifs is 6. The van der Waals surface area contributed by atoms with Crippen LogP contribution in [0.15, 0.2) is 140 Å². The van der Waals surface area contributed by atoms with Crippen LogP contribution in [0.1, 0.15) is 0 Å². The summed E-state index contributed by atoms with van der Waals surface area (Å²) in [4.78, 5) is 3.60. The van der Waals surface area contributed by atoms with Gasteiger partial charge in [-0.1, -0.05) is 103 Å². The summed E-state index contributed by atoms with van der Waals surface area (Å²) >= 11 is 0. The van der Waals surface area contributed by atoms with Crippen LogP contribution in [0.3, 0.4) is 0 Å². The van der Waals surface area contributed by atoms with Crippen molar-refractivity contribution in [2.45, 2.75) is 0 Å². The molecule has 8 rings (SSSR count). The molecule has 38 heavy (non-hydrogen) atoms. The summed E-state index contributed by atoms with van der Waals surface area (Å²) in [6.45, 7) is 0. The van der Waals surface area contributed by atoms with E-state index in [-0.39, 0.29) is 0 Å². The number of nitrogens with one attached hydrogen (secondary N) is 1. The Labute approximate surface area is 220 Å². The largest absolute Gasteiger partial charge is 0.354 e. The van der Waals surface area contributed by atoms with Crippen LogP contribution in [0.2, 0.25) is 0 Å². The van der Waals surface area contributed by atoms with E-state index < -0.39 is 0 Å². The minimum Gasteiger partial charge on any atom is -0.354 e. The normalized spacial score (nSPS) is 11.7. The predicted molar refractivity (Wildman–Crippen MR) is 161 cm³/mol. The smallest absolute Gasteiger partial charge is 0.0547 e. The van der Waals surface area contributed by atoms with Gasteiger partial charge in [-0.05, 0) is 58.7 Å². The molecule has 0 saturated carbocycles. The maximum Gasteiger partial charge on any atom is 0.0547 e. The molecule has 2 nitrogen and oxygen atoms in total. The lowest BCUT2D eigenvalue weighted by atomic mass is 9.98. The van der Waals surface area contributed by atoms with Crippen molar-refractivity contribution >= 4 is 43.6 Å². The highest BCUT2D eigenvalue weighted by Crippen LogP contribution is 2.39. The molecule has 0 radical (unpaired) electrons. The van der Waals surface area contributed by atoms with Gasteiger partial charge in [0.2, 0.25) is 0 Å². The first-order valence-corrected chi connectivity index (χ1v) is 13.0. The molecule has 2 heterocycles. The Morgan fingerprint density at radius 1 is 0.421 bits per heavy atom. The average molecular weight is 485 g/mol. The second kappa shape index (κ2) is 8.22. The van der Waals surface area contributed by atoms with Crippen molar-refractivity contribution in [1.29, 1.82) is 0 Å². The summed E-state index contributed by atoms with van der Waals surface area (Å²) in [5.41, 5.74) is 10.9. The molecule has 1 N–H and O–H groups in total. The number of hydrogen-bond acceptors (Lipinski definition) is 0. The molecule has 0 atom stereocenters. The first-order valence-electron chi connectivity index (χ1n) is 13.0. The van der Waals surface area contributed by atoms with E-state index in [1.54, 1.807) is 0 Å². The summed E-state index contributed by atoms with van der Waals surface area (Å²) in [5, 5.41) is 5.07. The van der Waals surface area contributed by atoms with Gasteiger partial charge in [-0.2, -0.15) is 0 Å². The van der Waals surface area contributed by atoms with E-state index in [1.807, 2.05) is 0 Å². The van der Waals surface area contributed by atoms with Gasteiger partial charge in [-0.15, -0.1) is 0 Å². The van der Waals surface area contributed by atoms with Gasteiger partial charge in [0.05, 0.1) is 11.0 Å². The standard InChI is InChI=1S/C36H24N2/c1-2-9-24(10-3-1)25-17-20-27(21-18-25)38-34-16-7-5-11-29(34)30-22-19-26(23-35(30)38)28-13-8-15-33-36(28)31-12-4-6-14-32(31)37-33/h1-23,37H. The van der Waals surface area contributed by atoms with Crippen LogP contribution < -0.4 is 0 Å². The minimum atomic E-state index is 1.17. The third kappa shape index (κ3) is 3.14. The summed E-state index contributed by atoms with van der Waals surface area (Å²) in [6, 6.07) is 50.2. The molecule has 2 aromatic heterocycles. The number of benzene rings is 6. The van der Waals surface area contributed by atoms with Gasteiger partial charge in [0.1, 0.15) is 0 Å². The van der Waals surface area contributed by atoms with Crippen molar-refractivity contribution < 1.29 is 0 Å². The summed E-state index contributed by atoms with van der Waals surface area (Å²) in [5.74, 6) is 0. The number of nitrogens with zero attached hydrogens (tertiary/aromatic N) is 1. The molecular formula is C36H24N2. The molecule has 8 aromatic rings. The van der Waals surface area contributed by atoms with Crippen LogP contribution in [0.4, 0.5) is 0 Å². The Morgan fingerprint density at radius 3 is 1.95 bits per heavy atom. The van der Waals surface area contributed by atoms with Crippen LogP contribution in [0.25, 0.3) is 71.6 Å². The van der Waals surface area contributed by atoms with E-state index in [2.05, 4.69) is 149 Å². The van der Waals surface area contributed by atoms with E-state index >= 15 is 0 Å². The highest BCUT2D eigenvalue weighted by Gasteiger charge is 2.15. The van der Waals surface area contributed by atoms with Crippen molar-refractivity contribution in [3.05, 3.63) is 140 Å². The van der Waals surface area contributed by atoms with Gasteiger partial charge in [0.15, 0.2) is 0 Å². The SMILES string of the molecule is c1ccc(-c2ccc(-n3c4ccccc4c4ccc(-c5cccc6[nH]c7ccccc7c56)cc43)cc2)cc1. The first kappa shape index (κ1) is 21.0. The molecule has 0 bridgehead atoms. The third-order valence-electron chi connectivity index (χ3n) is 7.75. The van der Waals surface area contributed by atoms with Crippen LogP contribution in [0.5, 0.6) is 0 Å². The van der Waals surface area contributed by atoms with Gasteiger partial charge in [0.25, 0.3) is 0 Å². The topological polar surface area (TPSA) is 20.7 Å². The molecule has 6 aromatic carbocycles. The fraction of sp³-hybridized carbons (Fsp3) is 0. The van der Waals surface area contributed by atoms with Gasteiger partial charge in [0, 0.05) is 38.3 Å². The molecule has 0 aliphatic heterocycles. The molecule has 0 aliphatic rings. The molecule has 0 unspecified atom stereocenters. The number of para-hydroxylation sites is 2. The summed E-state index contributed by atoms with van der Waals surface area (Å²) in [6.07, 6.45) is 0. The van der Waals surface area contributed by atoms with E-state index in [1.165, 1.54) is 71.6 Å². The Kier molecular flexibility index (Phi) is 4.55. The fourth-order valence-electron chi connectivity index (χ4n) is 5.99. The highest BCUT2D eigenvalue weighted by atomic mass is 15.0. The quantitative estimate of drug-likeness (QED) is 0.258. The Bertz CT molecular complexity index is 2110. The highest BCUT2D eigenvalue weighted by molar-refractivity contribution is 6.16. The Balaban J connectivity index is 1.37. The lowest BCUT2D eigenvalue weighted by Gasteiger charge is -2.11. The van der Waals surface area contributed by atoms with Crippen molar-refractivity contribution in [1.82, 2.24) is 9.55 Å². The maximum atomic E-state index is 3.60. The van der Waals surface area contributed by atoms with Gasteiger partial charge in [-0.25, -0.2) is 0 Å². The third-order valence-corrected chi connectivity index (χ3v) is 7.75. The lowest BCUT2D eigenvalue weighted by Crippen LogP contribution is -1.94. The zero-order valence-corrected chi connectivity index (χ0v) is 20.7.